The Kier molecular flexibility index (Phi) is 4.36. The van der Waals surface area contributed by atoms with Crippen LogP contribution < -0.4 is 10.2 Å². The number of anilines is 1. The second kappa shape index (κ2) is 5.80. The molecule has 0 amide bonds. The summed E-state index contributed by atoms with van der Waals surface area (Å²) in [6, 6.07) is 0.421. The summed E-state index contributed by atoms with van der Waals surface area (Å²) in [4.78, 5) is 8.18. The van der Waals surface area contributed by atoms with E-state index in [0.29, 0.717) is 12.1 Å². The second-order valence-corrected chi connectivity index (χ2v) is 5.63. The van der Waals surface area contributed by atoms with Crippen LogP contribution in [0.3, 0.4) is 0 Å². The van der Waals surface area contributed by atoms with Crippen LogP contribution in [0.1, 0.15) is 25.6 Å². The van der Waals surface area contributed by atoms with Crippen molar-refractivity contribution in [2.75, 3.05) is 24.6 Å². The molecule has 4 nitrogen and oxygen atoms in total. The zero-order valence-electron chi connectivity index (χ0n) is 10.8. The molecule has 1 fully saturated rings. The van der Waals surface area contributed by atoms with E-state index in [1.807, 2.05) is 6.20 Å². The van der Waals surface area contributed by atoms with Gasteiger partial charge in [0.15, 0.2) is 5.13 Å². The molecular weight excluding hydrogens is 234 g/mol. The Bertz CT molecular complexity index is 355. The average Bonchev–Trinajstić information content (AvgIpc) is 2.78. The summed E-state index contributed by atoms with van der Waals surface area (Å²) in [6.45, 7) is 10.1. The lowest BCUT2D eigenvalue weighted by atomic mass is 10.2. The lowest BCUT2D eigenvalue weighted by Crippen LogP contribution is -2.47. The van der Waals surface area contributed by atoms with Gasteiger partial charge in [-0.1, -0.05) is 6.92 Å². The molecule has 0 aromatic carbocycles. The largest absolute Gasteiger partial charge is 0.375 e. The number of nitrogens with one attached hydrogen (secondary N) is 1. The lowest BCUT2D eigenvalue weighted by molar-refractivity contribution is 0.0343. The summed E-state index contributed by atoms with van der Waals surface area (Å²) in [6.07, 6.45) is 2.28. The van der Waals surface area contributed by atoms with Crippen molar-refractivity contribution in [1.29, 1.82) is 0 Å². The first-order valence-electron chi connectivity index (χ1n) is 6.24. The highest BCUT2D eigenvalue weighted by atomic mass is 32.1. The molecule has 5 heteroatoms. The zero-order chi connectivity index (χ0) is 12.3. The number of rotatable bonds is 4. The SMILES string of the molecule is CCNCc1cnc(N2CC(C)OCC2C)s1. The van der Waals surface area contributed by atoms with Crippen molar-refractivity contribution in [2.45, 2.75) is 39.5 Å². The molecule has 0 saturated carbocycles. The maximum atomic E-state index is 5.64. The van der Waals surface area contributed by atoms with Crippen molar-refractivity contribution in [3.63, 3.8) is 0 Å². The number of aromatic nitrogens is 1. The van der Waals surface area contributed by atoms with Gasteiger partial charge in [0.2, 0.25) is 0 Å². The van der Waals surface area contributed by atoms with Crippen molar-refractivity contribution in [1.82, 2.24) is 10.3 Å². The van der Waals surface area contributed by atoms with Crippen molar-refractivity contribution in [2.24, 2.45) is 0 Å². The van der Waals surface area contributed by atoms with Crippen LogP contribution in [0.25, 0.3) is 0 Å². The number of hydrogen-bond acceptors (Lipinski definition) is 5. The molecule has 2 heterocycles. The molecular formula is C12H21N3OS. The fourth-order valence-electron chi connectivity index (χ4n) is 1.93. The van der Waals surface area contributed by atoms with Crippen LogP contribution in [0.15, 0.2) is 6.20 Å². The van der Waals surface area contributed by atoms with E-state index in [1.54, 1.807) is 11.3 Å². The molecule has 0 bridgehead atoms. The molecule has 0 radical (unpaired) electrons. The molecule has 1 aromatic heterocycles. The highest BCUT2D eigenvalue weighted by Crippen LogP contribution is 2.26. The Labute approximate surface area is 107 Å². The van der Waals surface area contributed by atoms with E-state index >= 15 is 0 Å². The molecule has 17 heavy (non-hydrogen) atoms. The van der Waals surface area contributed by atoms with Gasteiger partial charge in [-0.15, -0.1) is 11.3 Å². The quantitative estimate of drug-likeness (QED) is 0.891. The highest BCUT2D eigenvalue weighted by molar-refractivity contribution is 7.15. The predicted molar refractivity (Wildman–Crippen MR) is 71.7 cm³/mol. The minimum absolute atomic E-state index is 0.298. The third-order valence-electron chi connectivity index (χ3n) is 2.94. The fourth-order valence-corrected chi connectivity index (χ4v) is 2.92. The zero-order valence-corrected chi connectivity index (χ0v) is 11.6. The van der Waals surface area contributed by atoms with E-state index < -0.39 is 0 Å². The number of ether oxygens (including phenoxy) is 1. The molecule has 96 valence electrons. The summed E-state index contributed by atoms with van der Waals surface area (Å²) >= 11 is 1.78. The predicted octanol–water partition coefficient (Wildman–Crippen LogP) is 1.87. The highest BCUT2D eigenvalue weighted by Gasteiger charge is 2.25. The summed E-state index contributed by atoms with van der Waals surface area (Å²) < 4.78 is 5.64. The molecule has 2 atom stereocenters. The first-order valence-corrected chi connectivity index (χ1v) is 7.06. The van der Waals surface area contributed by atoms with Crippen molar-refractivity contribution < 1.29 is 4.74 Å². The van der Waals surface area contributed by atoms with Crippen molar-refractivity contribution >= 4 is 16.5 Å². The minimum atomic E-state index is 0.298. The molecule has 1 aromatic rings. The van der Waals surface area contributed by atoms with Crippen LogP contribution in [-0.4, -0.2) is 36.8 Å². The van der Waals surface area contributed by atoms with Gasteiger partial charge in [-0.2, -0.15) is 0 Å². The topological polar surface area (TPSA) is 37.4 Å². The summed E-state index contributed by atoms with van der Waals surface area (Å²) in [5.41, 5.74) is 0. The van der Waals surface area contributed by atoms with E-state index in [2.05, 4.69) is 36.0 Å². The normalized spacial score (nSPS) is 25.2. The van der Waals surface area contributed by atoms with Gasteiger partial charge in [0, 0.05) is 24.2 Å². The Morgan fingerprint density at radius 2 is 2.41 bits per heavy atom. The minimum Gasteiger partial charge on any atom is -0.375 e. The van der Waals surface area contributed by atoms with Gasteiger partial charge in [-0.05, 0) is 20.4 Å². The van der Waals surface area contributed by atoms with E-state index in [0.717, 1.165) is 31.4 Å². The van der Waals surface area contributed by atoms with Gasteiger partial charge in [-0.25, -0.2) is 4.98 Å². The van der Waals surface area contributed by atoms with Crippen molar-refractivity contribution in [3.05, 3.63) is 11.1 Å². The van der Waals surface area contributed by atoms with Gasteiger partial charge in [0.25, 0.3) is 0 Å². The second-order valence-electron chi connectivity index (χ2n) is 4.53. The average molecular weight is 255 g/mol. The Morgan fingerprint density at radius 3 is 3.18 bits per heavy atom. The number of hydrogen-bond donors (Lipinski definition) is 1. The molecule has 1 saturated heterocycles. The van der Waals surface area contributed by atoms with Crippen LogP contribution in [0, 0.1) is 0 Å². The summed E-state index contributed by atoms with van der Waals surface area (Å²) in [7, 11) is 0. The van der Waals surface area contributed by atoms with Crippen molar-refractivity contribution in [3.8, 4) is 0 Å². The molecule has 0 aliphatic carbocycles. The first kappa shape index (κ1) is 12.8. The van der Waals surface area contributed by atoms with Gasteiger partial charge in [0.1, 0.15) is 0 Å². The van der Waals surface area contributed by atoms with Crippen LogP contribution >= 0.6 is 11.3 Å². The van der Waals surface area contributed by atoms with Gasteiger partial charge in [0.05, 0.1) is 18.8 Å². The Balaban J connectivity index is 2.02. The third-order valence-corrected chi connectivity index (χ3v) is 3.98. The van der Waals surface area contributed by atoms with Crippen LogP contribution in [-0.2, 0) is 11.3 Å². The number of thiazole rings is 1. The number of morpholine rings is 1. The smallest absolute Gasteiger partial charge is 0.185 e. The van der Waals surface area contributed by atoms with Crippen LogP contribution in [0.4, 0.5) is 5.13 Å². The number of nitrogens with zero attached hydrogens (tertiary/aromatic N) is 2. The standard InChI is InChI=1S/C12H21N3OS/c1-4-13-5-11-6-14-12(17-11)15-7-10(3)16-8-9(15)2/h6,9-10,13H,4-5,7-8H2,1-3H3. The molecule has 0 spiro atoms. The van der Waals surface area contributed by atoms with Gasteiger partial charge in [-0.3, -0.25) is 0 Å². The van der Waals surface area contributed by atoms with Gasteiger partial charge < -0.3 is 15.0 Å². The maximum absolute atomic E-state index is 5.64. The summed E-state index contributed by atoms with van der Waals surface area (Å²) in [5, 5.41) is 4.45. The van der Waals surface area contributed by atoms with Crippen LogP contribution in [0.5, 0.6) is 0 Å². The molecule has 2 unspecified atom stereocenters. The van der Waals surface area contributed by atoms with E-state index in [9.17, 15) is 0 Å². The first-order chi connectivity index (χ1) is 8.20. The third kappa shape index (κ3) is 3.18. The van der Waals surface area contributed by atoms with E-state index in [1.165, 1.54) is 4.88 Å². The van der Waals surface area contributed by atoms with E-state index in [4.69, 9.17) is 4.74 Å². The Hall–Kier alpha value is -0.650. The van der Waals surface area contributed by atoms with Crippen LogP contribution in [0.2, 0.25) is 0 Å². The van der Waals surface area contributed by atoms with E-state index in [-0.39, 0.29) is 0 Å². The summed E-state index contributed by atoms with van der Waals surface area (Å²) in [5.74, 6) is 0. The molecule has 2 rings (SSSR count). The molecule has 1 aliphatic rings. The maximum Gasteiger partial charge on any atom is 0.185 e. The van der Waals surface area contributed by atoms with Gasteiger partial charge >= 0.3 is 0 Å². The molecule has 1 aliphatic heterocycles. The fraction of sp³-hybridized carbons (Fsp3) is 0.750. The monoisotopic (exact) mass is 255 g/mol. The Morgan fingerprint density at radius 1 is 1.59 bits per heavy atom. The molecule has 1 N–H and O–H groups in total. The lowest BCUT2D eigenvalue weighted by Gasteiger charge is -2.36.